The second-order valence-electron chi connectivity index (χ2n) is 3.57. The van der Waals surface area contributed by atoms with E-state index in [4.69, 9.17) is 0 Å². The van der Waals surface area contributed by atoms with E-state index >= 15 is 0 Å². The molecule has 4 heteroatoms. The number of nitrogens with one attached hydrogen (secondary N) is 1. The number of piperazine rings is 1. The van der Waals surface area contributed by atoms with Crippen LogP contribution in [0, 0.1) is 0 Å². The van der Waals surface area contributed by atoms with Gasteiger partial charge >= 0.3 is 0 Å². The Balaban J connectivity index is 0. The molecule has 104 valence electrons. The number of carbonyl (C=O) groups is 1. The van der Waals surface area contributed by atoms with Crippen molar-refractivity contribution < 1.29 is 4.79 Å². The van der Waals surface area contributed by atoms with Crippen LogP contribution >= 0.6 is 0 Å². The average Bonchev–Trinajstić information content (AvgIpc) is 2.41. The molecule has 1 aliphatic heterocycles. The van der Waals surface area contributed by atoms with Crippen LogP contribution < -0.4 is 5.32 Å². The summed E-state index contributed by atoms with van der Waals surface area (Å²) in [7, 11) is 2.16. The molecule has 1 fully saturated rings. The summed E-state index contributed by atoms with van der Waals surface area (Å²) in [6, 6.07) is 0. The molecule has 1 aliphatic rings. The molecule has 0 aromatic rings. The summed E-state index contributed by atoms with van der Waals surface area (Å²) >= 11 is 0. The third-order valence-corrected chi connectivity index (χ3v) is 2.47. The Morgan fingerprint density at radius 1 is 1.06 bits per heavy atom. The van der Waals surface area contributed by atoms with Gasteiger partial charge in [-0.1, -0.05) is 27.7 Å². The van der Waals surface area contributed by atoms with Gasteiger partial charge < -0.3 is 15.1 Å². The quantitative estimate of drug-likeness (QED) is 0.588. The molecule has 0 atom stereocenters. The standard InChI is InChI=1S/C9H19N3O.2C2H6/c1-11-5-7-12(8-6-11)4-2-3-10-9-13;2*1-2/h9H,2-8H2,1H3,(H,10,13);2*1-2H3. The molecule has 0 saturated carbocycles. The van der Waals surface area contributed by atoms with Crippen LogP contribution in [0.2, 0.25) is 0 Å². The van der Waals surface area contributed by atoms with Crippen LogP contribution in [0.4, 0.5) is 0 Å². The molecule has 0 aromatic carbocycles. The first-order chi connectivity index (χ1) is 8.33. The van der Waals surface area contributed by atoms with Crippen LogP contribution in [-0.4, -0.2) is 62.5 Å². The SMILES string of the molecule is CC.CC.CN1CCN(CCCNC=O)CC1. The van der Waals surface area contributed by atoms with E-state index in [0.29, 0.717) is 0 Å². The van der Waals surface area contributed by atoms with Crippen LogP contribution in [-0.2, 0) is 4.79 Å². The number of nitrogens with zero attached hydrogens (tertiary/aromatic N) is 2. The highest BCUT2D eigenvalue weighted by Gasteiger charge is 2.12. The van der Waals surface area contributed by atoms with Crippen LogP contribution in [0.15, 0.2) is 0 Å². The minimum Gasteiger partial charge on any atom is -0.359 e. The van der Waals surface area contributed by atoms with E-state index in [0.717, 1.165) is 39.0 Å². The second-order valence-corrected chi connectivity index (χ2v) is 3.57. The number of hydrogen-bond acceptors (Lipinski definition) is 3. The fraction of sp³-hybridized carbons (Fsp3) is 0.923. The van der Waals surface area contributed by atoms with Gasteiger partial charge in [0.25, 0.3) is 0 Å². The lowest BCUT2D eigenvalue weighted by Gasteiger charge is -2.32. The van der Waals surface area contributed by atoms with E-state index in [9.17, 15) is 4.79 Å². The third kappa shape index (κ3) is 11.6. The average molecular weight is 245 g/mol. The molecule has 0 aromatic heterocycles. The molecule has 1 heterocycles. The molecule has 0 radical (unpaired) electrons. The predicted octanol–water partition coefficient (Wildman–Crippen LogP) is 1.42. The number of rotatable bonds is 5. The highest BCUT2D eigenvalue weighted by molar-refractivity contribution is 5.45. The first kappa shape index (κ1) is 18.7. The summed E-state index contributed by atoms with van der Waals surface area (Å²) < 4.78 is 0. The molecular weight excluding hydrogens is 214 g/mol. The molecule has 1 rings (SSSR count). The van der Waals surface area contributed by atoms with Crippen LogP contribution in [0.25, 0.3) is 0 Å². The van der Waals surface area contributed by atoms with Crippen molar-refractivity contribution in [1.82, 2.24) is 15.1 Å². The van der Waals surface area contributed by atoms with Gasteiger partial charge in [-0.15, -0.1) is 0 Å². The maximum Gasteiger partial charge on any atom is 0.207 e. The zero-order valence-corrected chi connectivity index (χ0v) is 12.3. The molecule has 0 spiro atoms. The maximum absolute atomic E-state index is 9.97. The third-order valence-electron chi connectivity index (χ3n) is 2.47. The van der Waals surface area contributed by atoms with E-state index in [1.807, 2.05) is 27.7 Å². The van der Waals surface area contributed by atoms with Gasteiger partial charge in [0.2, 0.25) is 6.41 Å². The van der Waals surface area contributed by atoms with E-state index in [1.165, 1.54) is 13.1 Å². The van der Waals surface area contributed by atoms with Crippen molar-refractivity contribution in [3.8, 4) is 0 Å². The highest BCUT2D eigenvalue weighted by Crippen LogP contribution is 1.99. The van der Waals surface area contributed by atoms with Gasteiger partial charge in [-0.2, -0.15) is 0 Å². The number of likely N-dealkylation sites (N-methyl/N-ethyl adjacent to an activating group) is 1. The molecule has 0 aliphatic carbocycles. The Hall–Kier alpha value is -0.610. The highest BCUT2D eigenvalue weighted by atomic mass is 16.1. The van der Waals surface area contributed by atoms with Gasteiger partial charge in [0.1, 0.15) is 0 Å². The van der Waals surface area contributed by atoms with Gasteiger partial charge in [-0.05, 0) is 20.0 Å². The Morgan fingerprint density at radius 2 is 1.59 bits per heavy atom. The molecule has 1 N–H and O–H groups in total. The lowest BCUT2D eigenvalue weighted by molar-refractivity contribution is -0.109. The molecule has 0 unspecified atom stereocenters. The monoisotopic (exact) mass is 245 g/mol. The molecule has 1 saturated heterocycles. The van der Waals surface area contributed by atoms with Gasteiger partial charge in [0.05, 0.1) is 0 Å². The van der Waals surface area contributed by atoms with Crippen molar-refractivity contribution in [2.45, 2.75) is 34.1 Å². The number of carbonyl (C=O) groups excluding carboxylic acids is 1. The zero-order valence-electron chi connectivity index (χ0n) is 12.3. The molecular formula is C13H31N3O. The summed E-state index contributed by atoms with van der Waals surface area (Å²) in [5.74, 6) is 0. The van der Waals surface area contributed by atoms with Gasteiger partial charge in [-0.3, -0.25) is 4.79 Å². The Labute approximate surface area is 107 Å². The molecule has 4 nitrogen and oxygen atoms in total. The van der Waals surface area contributed by atoms with E-state index in [2.05, 4.69) is 22.2 Å². The minimum atomic E-state index is 0.768. The Kier molecular flexibility index (Phi) is 17.0. The van der Waals surface area contributed by atoms with Crippen molar-refractivity contribution in [2.24, 2.45) is 0 Å². The lowest BCUT2D eigenvalue weighted by Crippen LogP contribution is -2.45. The predicted molar refractivity (Wildman–Crippen MR) is 75.3 cm³/mol. The smallest absolute Gasteiger partial charge is 0.207 e. The van der Waals surface area contributed by atoms with Crippen LogP contribution in [0.3, 0.4) is 0 Å². The first-order valence-corrected chi connectivity index (χ1v) is 6.91. The largest absolute Gasteiger partial charge is 0.359 e. The van der Waals surface area contributed by atoms with E-state index in [-0.39, 0.29) is 0 Å². The van der Waals surface area contributed by atoms with E-state index < -0.39 is 0 Å². The van der Waals surface area contributed by atoms with Crippen molar-refractivity contribution in [1.29, 1.82) is 0 Å². The molecule has 0 bridgehead atoms. The van der Waals surface area contributed by atoms with Gasteiger partial charge in [-0.25, -0.2) is 0 Å². The topological polar surface area (TPSA) is 35.6 Å². The summed E-state index contributed by atoms with van der Waals surface area (Å²) in [5.41, 5.74) is 0. The lowest BCUT2D eigenvalue weighted by atomic mass is 10.3. The summed E-state index contributed by atoms with van der Waals surface area (Å²) in [6.45, 7) is 14.6. The number of amides is 1. The van der Waals surface area contributed by atoms with Crippen molar-refractivity contribution in [3.05, 3.63) is 0 Å². The van der Waals surface area contributed by atoms with Gasteiger partial charge in [0.15, 0.2) is 0 Å². The molecule has 17 heavy (non-hydrogen) atoms. The maximum atomic E-state index is 9.97. The Morgan fingerprint density at radius 3 is 2.06 bits per heavy atom. The van der Waals surface area contributed by atoms with Crippen LogP contribution in [0.5, 0.6) is 0 Å². The van der Waals surface area contributed by atoms with Gasteiger partial charge in [0, 0.05) is 32.7 Å². The van der Waals surface area contributed by atoms with Crippen molar-refractivity contribution in [3.63, 3.8) is 0 Å². The zero-order chi connectivity index (χ0) is 13.5. The first-order valence-electron chi connectivity index (χ1n) is 6.91. The van der Waals surface area contributed by atoms with Crippen molar-refractivity contribution in [2.75, 3.05) is 46.3 Å². The molecule has 1 amide bonds. The normalized spacial score (nSPS) is 16.1. The minimum absolute atomic E-state index is 0.768. The second kappa shape index (κ2) is 15.4. The summed E-state index contributed by atoms with van der Waals surface area (Å²) in [6.07, 6.45) is 1.83. The summed E-state index contributed by atoms with van der Waals surface area (Å²) in [4.78, 5) is 14.8. The fourth-order valence-electron chi connectivity index (χ4n) is 1.54. The fourth-order valence-corrected chi connectivity index (χ4v) is 1.54. The summed E-state index contributed by atoms with van der Waals surface area (Å²) in [5, 5.41) is 2.68. The number of hydrogen-bond donors (Lipinski definition) is 1. The Bertz CT molecular complexity index is 146. The van der Waals surface area contributed by atoms with Crippen LogP contribution in [0.1, 0.15) is 34.1 Å². The van der Waals surface area contributed by atoms with Crippen molar-refractivity contribution >= 4 is 6.41 Å². The van der Waals surface area contributed by atoms with E-state index in [1.54, 1.807) is 0 Å².